The van der Waals surface area contributed by atoms with Crippen LogP contribution in [0.3, 0.4) is 0 Å². The molecule has 2 atom stereocenters. The van der Waals surface area contributed by atoms with Gasteiger partial charge in [-0.3, -0.25) is 4.79 Å². The van der Waals surface area contributed by atoms with E-state index in [0.29, 0.717) is 24.8 Å². The van der Waals surface area contributed by atoms with Crippen LogP contribution in [0.2, 0.25) is 0 Å². The van der Waals surface area contributed by atoms with Gasteiger partial charge >= 0.3 is 0 Å². The Labute approximate surface area is 119 Å². The highest BCUT2D eigenvalue weighted by Crippen LogP contribution is 2.19. The minimum atomic E-state index is -0.105. The molecule has 1 aliphatic heterocycles. The number of hydrogen-bond donors (Lipinski definition) is 2. The van der Waals surface area contributed by atoms with Crippen molar-refractivity contribution in [1.29, 1.82) is 0 Å². The molecule has 0 aliphatic carbocycles. The number of amides is 1. The van der Waals surface area contributed by atoms with Crippen molar-refractivity contribution in [3.63, 3.8) is 0 Å². The highest BCUT2D eigenvalue weighted by atomic mass is 16.5. The minimum absolute atomic E-state index is 0.0317. The maximum atomic E-state index is 11.7. The summed E-state index contributed by atoms with van der Waals surface area (Å²) in [5.74, 6) is 0.977. The second-order valence-corrected chi connectivity index (χ2v) is 5.07. The van der Waals surface area contributed by atoms with Gasteiger partial charge in [-0.05, 0) is 31.0 Å². The van der Waals surface area contributed by atoms with Gasteiger partial charge in [0.15, 0.2) is 6.61 Å². The molecular weight excluding hydrogens is 256 g/mol. The first-order valence-electron chi connectivity index (χ1n) is 6.99. The Morgan fingerprint density at radius 1 is 1.45 bits per heavy atom. The summed E-state index contributed by atoms with van der Waals surface area (Å²) in [5, 5.41) is 2.88. The average Bonchev–Trinajstić information content (AvgIpc) is 2.89. The molecule has 0 spiro atoms. The second kappa shape index (κ2) is 7.26. The number of benzene rings is 1. The molecular formula is C15H22N2O3. The smallest absolute Gasteiger partial charge is 0.257 e. The summed E-state index contributed by atoms with van der Waals surface area (Å²) in [5.41, 5.74) is 6.56. The van der Waals surface area contributed by atoms with Gasteiger partial charge in [-0.1, -0.05) is 12.1 Å². The van der Waals surface area contributed by atoms with Crippen LogP contribution in [0.15, 0.2) is 24.3 Å². The fraction of sp³-hybridized carbons (Fsp3) is 0.533. The first kappa shape index (κ1) is 14.8. The van der Waals surface area contributed by atoms with E-state index in [0.717, 1.165) is 18.6 Å². The first-order valence-corrected chi connectivity index (χ1v) is 6.99. The number of rotatable bonds is 6. The summed E-state index contributed by atoms with van der Waals surface area (Å²) in [6.07, 6.45) is 1.23. The van der Waals surface area contributed by atoms with E-state index >= 15 is 0 Å². The van der Waals surface area contributed by atoms with Crippen LogP contribution in [0.4, 0.5) is 0 Å². The van der Waals surface area contributed by atoms with Crippen LogP contribution in [0.1, 0.15) is 18.9 Å². The maximum Gasteiger partial charge on any atom is 0.257 e. The Morgan fingerprint density at radius 2 is 2.20 bits per heavy atom. The molecule has 1 amide bonds. The Morgan fingerprint density at radius 3 is 2.80 bits per heavy atom. The molecule has 1 aromatic carbocycles. The summed E-state index contributed by atoms with van der Waals surface area (Å²) in [6, 6.07) is 7.43. The van der Waals surface area contributed by atoms with Gasteiger partial charge in [0.1, 0.15) is 5.75 Å². The maximum absolute atomic E-state index is 11.7. The molecule has 2 unspecified atom stereocenters. The predicted molar refractivity (Wildman–Crippen MR) is 76.4 cm³/mol. The molecule has 1 aromatic rings. The summed E-state index contributed by atoms with van der Waals surface area (Å²) >= 11 is 0. The van der Waals surface area contributed by atoms with Crippen LogP contribution in [0.25, 0.3) is 0 Å². The van der Waals surface area contributed by atoms with E-state index in [1.807, 2.05) is 31.2 Å². The lowest BCUT2D eigenvalue weighted by molar-refractivity contribution is -0.123. The third kappa shape index (κ3) is 4.21. The zero-order chi connectivity index (χ0) is 14.4. The van der Waals surface area contributed by atoms with Gasteiger partial charge in [0.25, 0.3) is 5.91 Å². The molecule has 0 aromatic heterocycles. The molecule has 3 N–H and O–H groups in total. The Hall–Kier alpha value is -1.59. The highest BCUT2D eigenvalue weighted by molar-refractivity contribution is 5.77. The predicted octanol–water partition coefficient (Wildman–Crippen LogP) is 1.07. The van der Waals surface area contributed by atoms with Gasteiger partial charge in [0.2, 0.25) is 0 Å². The van der Waals surface area contributed by atoms with E-state index in [-0.39, 0.29) is 18.6 Å². The van der Waals surface area contributed by atoms with E-state index in [2.05, 4.69) is 5.32 Å². The molecule has 1 saturated heterocycles. The van der Waals surface area contributed by atoms with Crippen molar-refractivity contribution in [3.05, 3.63) is 29.8 Å². The van der Waals surface area contributed by atoms with Crippen molar-refractivity contribution in [2.45, 2.75) is 26.0 Å². The number of carbonyl (C=O) groups excluding carboxylic acids is 1. The van der Waals surface area contributed by atoms with Crippen LogP contribution in [0.5, 0.6) is 5.75 Å². The molecule has 1 fully saturated rings. The number of nitrogens with one attached hydrogen (secondary N) is 1. The van der Waals surface area contributed by atoms with Crippen molar-refractivity contribution in [3.8, 4) is 5.75 Å². The van der Waals surface area contributed by atoms with Gasteiger partial charge in [0.05, 0.1) is 6.10 Å². The third-order valence-electron chi connectivity index (χ3n) is 3.62. The lowest BCUT2D eigenvalue weighted by atomic mass is 10.0. The molecule has 1 heterocycles. The molecule has 1 aliphatic rings. The Balaban J connectivity index is 1.69. The topological polar surface area (TPSA) is 73.6 Å². The van der Waals surface area contributed by atoms with E-state index < -0.39 is 0 Å². The van der Waals surface area contributed by atoms with Crippen LogP contribution < -0.4 is 15.8 Å². The van der Waals surface area contributed by atoms with E-state index in [9.17, 15) is 4.79 Å². The van der Waals surface area contributed by atoms with Crippen LogP contribution >= 0.6 is 0 Å². The largest absolute Gasteiger partial charge is 0.484 e. The van der Waals surface area contributed by atoms with Crippen molar-refractivity contribution in [1.82, 2.24) is 5.32 Å². The summed E-state index contributed by atoms with van der Waals surface area (Å²) in [4.78, 5) is 11.7. The Bertz CT molecular complexity index is 433. The van der Waals surface area contributed by atoms with Crippen molar-refractivity contribution >= 4 is 5.91 Å². The van der Waals surface area contributed by atoms with Crippen molar-refractivity contribution in [2.75, 3.05) is 19.8 Å². The molecule has 0 saturated carbocycles. The average molecular weight is 278 g/mol. The van der Waals surface area contributed by atoms with Gasteiger partial charge in [-0.25, -0.2) is 0 Å². The SMILES string of the molecule is CC1OCCC1CNC(=O)COc1ccc(CN)cc1. The summed E-state index contributed by atoms with van der Waals surface area (Å²) in [6.45, 7) is 4.01. The normalized spacial score (nSPS) is 21.7. The number of carbonyl (C=O) groups is 1. The van der Waals surface area contributed by atoms with E-state index in [4.69, 9.17) is 15.2 Å². The number of ether oxygens (including phenoxy) is 2. The molecule has 5 nitrogen and oxygen atoms in total. The van der Waals surface area contributed by atoms with Gasteiger partial charge in [-0.2, -0.15) is 0 Å². The lowest BCUT2D eigenvalue weighted by Crippen LogP contribution is -2.35. The standard InChI is InChI=1S/C15H22N2O3/c1-11-13(6-7-19-11)9-17-15(18)10-20-14-4-2-12(8-16)3-5-14/h2-5,11,13H,6-10,16H2,1H3,(H,17,18). The Kier molecular flexibility index (Phi) is 5.38. The fourth-order valence-corrected chi connectivity index (χ4v) is 2.21. The van der Waals surface area contributed by atoms with E-state index in [1.54, 1.807) is 0 Å². The molecule has 0 radical (unpaired) electrons. The zero-order valence-corrected chi connectivity index (χ0v) is 11.8. The van der Waals surface area contributed by atoms with Gasteiger partial charge in [-0.15, -0.1) is 0 Å². The summed E-state index contributed by atoms with van der Waals surface area (Å²) in [7, 11) is 0. The molecule has 110 valence electrons. The van der Waals surface area contributed by atoms with E-state index in [1.165, 1.54) is 0 Å². The second-order valence-electron chi connectivity index (χ2n) is 5.07. The third-order valence-corrected chi connectivity index (χ3v) is 3.62. The molecule has 20 heavy (non-hydrogen) atoms. The minimum Gasteiger partial charge on any atom is -0.484 e. The first-order chi connectivity index (χ1) is 9.69. The zero-order valence-electron chi connectivity index (χ0n) is 11.8. The van der Waals surface area contributed by atoms with Gasteiger partial charge in [0, 0.05) is 25.6 Å². The number of hydrogen-bond acceptors (Lipinski definition) is 4. The van der Waals surface area contributed by atoms with Crippen LogP contribution in [0, 0.1) is 5.92 Å². The van der Waals surface area contributed by atoms with Crippen molar-refractivity contribution in [2.24, 2.45) is 11.7 Å². The van der Waals surface area contributed by atoms with Crippen molar-refractivity contribution < 1.29 is 14.3 Å². The lowest BCUT2D eigenvalue weighted by Gasteiger charge is -2.14. The molecule has 0 bridgehead atoms. The monoisotopic (exact) mass is 278 g/mol. The summed E-state index contributed by atoms with van der Waals surface area (Å²) < 4.78 is 10.9. The number of nitrogens with two attached hydrogens (primary N) is 1. The molecule has 2 rings (SSSR count). The van der Waals surface area contributed by atoms with Crippen LogP contribution in [-0.4, -0.2) is 31.8 Å². The molecule has 5 heteroatoms. The highest BCUT2D eigenvalue weighted by Gasteiger charge is 2.24. The fourth-order valence-electron chi connectivity index (χ4n) is 2.21. The van der Waals surface area contributed by atoms with Crippen LogP contribution in [-0.2, 0) is 16.1 Å². The van der Waals surface area contributed by atoms with Gasteiger partial charge < -0.3 is 20.5 Å². The quantitative estimate of drug-likeness (QED) is 0.816.